The Balaban J connectivity index is 3.14. The number of aliphatic carboxylic acids is 1. The minimum atomic E-state index is -1.11. The van der Waals surface area contributed by atoms with Crippen molar-refractivity contribution in [1.29, 1.82) is 0 Å². The molecule has 0 aliphatic rings. The van der Waals surface area contributed by atoms with Crippen LogP contribution in [-0.2, 0) is 4.79 Å². The fourth-order valence-corrected chi connectivity index (χ4v) is 1.01. The van der Waals surface area contributed by atoms with Gasteiger partial charge in [-0.05, 0) is 17.7 Å². The molecule has 14 heavy (non-hydrogen) atoms. The first-order chi connectivity index (χ1) is 6.65. The zero-order valence-corrected chi connectivity index (χ0v) is 7.18. The van der Waals surface area contributed by atoms with E-state index in [1.807, 2.05) is 0 Å². The van der Waals surface area contributed by atoms with E-state index in [0.717, 1.165) is 6.08 Å². The molecule has 4 nitrogen and oxygen atoms in total. The Bertz CT molecular complexity index is 393. The van der Waals surface area contributed by atoms with Crippen molar-refractivity contribution in [2.45, 2.75) is 0 Å². The molecule has 0 aromatic heterocycles. The molecule has 0 aliphatic carbocycles. The standard InChI is InChI=1S/C10H8O4/c11-6-8-7(4-5-10(13)14)2-1-3-9(8)12/h1-6,12H,(H,13,14). The van der Waals surface area contributed by atoms with Crippen LogP contribution < -0.4 is 0 Å². The van der Waals surface area contributed by atoms with Crippen LogP contribution in [0.5, 0.6) is 5.75 Å². The van der Waals surface area contributed by atoms with Gasteiger partial charge in [-0.3, -0.25) is 4.79 Å². The van der Waals surface area contributed by atoms with Crippen LogP contribution >= 0.6 is 0 Å². The molecule has 1 aromatic carbocycles. The molecule has 4 heteroatoms. The number of aromatic hydroxyl groups is 1. The quantitative estimate of drug-likeness (QED) is 0.559. The number of rotatable bonds is 3. The highest BCUT2D eigenvalue weighted by Crippen LogP contribution is 2.19. The summed E-state index contributed by atoms with van der Waals surface area (Å²) in [5.41, 5.74) is 0.465. The molecule has 1 rings (SSSR count). The Morgan fingerprint density at radius 3 is 2.64 bits per heavy atom. The molecule has 1 aromatic rings. The molecule has 0 fully saturated rings. The summed E-state index contributed by atoms with van der Waals surface area (Å²) in [7, 11) is 0. The zero-order chi connectivity index (χ0) is 10.6. The number of phenols is 1. The highest BCUT2D eigenvalue weighted by atomic mass is 16.4. The van der Waals surface area contributed by atoms with Crippen LogP contribution in [0.25, 0.3) is 6.08 Å². The average Bonchev–Trinajstić information content (AvgIpc) is 2.14. The lowest BCUT2D eigenvalue weighted by Crippen LogP contribution is -1.89. The Kier molecular flexibility index (Phi) is 3.01. The van der Waals surface area contributed by atoms with Gasteiger partial charge in [0.25, 0.3) is 0 Å². The third kappa shape index (κ3) is 2.20. The van der Waals surface area contributed by atoms with Gasteiger partial charge in [0, 0.05) is 6.08 Å². The molecule has 0 radical (unpaired) electrons. The van der Waals surface area contributed by atoms with Gasteiger partial charge in [0.05, 0.1) is 5.56 Å². The van der Waals surface area contributed by atoms with Gasteiger partial charge >= 0.3 is 5.97 Å². The van der Waals surface area contributed by atoms with Crippen LogP contribution in [0.2, 0.25) is 0 Å². The van der Waals surface area contributed by atoms with Crippen LogP contribution in [0, 0.1) is 0 Å². The third-order valence-corrected chi connectivity index (χ3v) is 1.64. The smallest absolute Gasteiger partial charge is 0.328 e. The van der Waals surface area contributed by atoms with Gasteiger partial charge in [-0.1, -0.05) is 12.1 Å². The summed E-state index contributed by atoms with van der Waals surface area (Å²) in [6.45, 7) is 0. The van der Waals surface area contributed by atoms with Gasteiger partial charge in [0.1, 0.15) is 5.75 Å². The van der Waals surface area contributed by atoms with E-state index in [1.54, 1.807) is 6.07 Å². The predicted octanol–water partition coefficient (Wildman–Crippen LogP) is 1.30. The minimum absolute atomic E-state index is 0.0880. The van der Waals surface area contributed by atoms with Crippen LogP contribution in [-0.4, -0.2) is 22.5 Å². The maximum atomic E-state index is 10.6. The van der Waals surface area contributed by atoms with Crippen molar-refractivity contribution in [1.82, 2.24) is 0 Å². The van der Waals surface area contributed by atoms with Crippen molar-refractivity contribution >= 4 is 18.3 Å². The Hall–Kier alpha value is -2.10. The van der Waals surface area contributed by atoms with Crippen molar-refractivity contribution < 1.29 is 19.8 Å². The van der Waals surface area contributed by atoms with E-state index < -0.39 is 5.97 Å². The molecule has 0 saturated carbocycles. The summed E-state index contributed by atoms with van der Waals surface area (Å²) < 4.78 is 0. The Morgan fingerprint density at radius 2 is 2.07 bits per heavy atom. The summed E-state index contributed by atoms with van der Waals surface area (Å²) in [4.78, 5) is 20.8. The van der Waals surface area contributed by atoms with E-state index in [-0.39, 0.29) is 11.3 Å². The van der Waals surface area contributed by atoms with E-state index >= 15 is 0 Å². The Morgan fingerprint density at radius 1 is 1.36 bits per heavy atom. The maximum Gasteiger partial charge on any atom is 0.328 e. The molecule has 0 atom stereocenters. The Labute approximate surface area is 80.1 Å². The number of carboxylic acids is 1. The van der Waals surface area contributed by atoms with Crippen LogP contribution in [0.15, 0.2) is 24.3 Å². The van der Waals surface area contributed by atoms with Crippen molar-refractivity contribution in [3.63, 3.8) is 0 Å². The van der Waals surface area contributed by atoms with Gasteiger partial charge in [-0.2, -0.15) is 0 Å². The topological polar surface area (TPSA) is 74.6 Å². The summed E-state index contributed by atoms with van der Waals surface area (Å²) in [5.74, 6) is -1.27. The van der Waals surface area contributed by atoms with Crippen molar-refractivity contribution in [3.05, 3.63) is 35.4 Å². The van der Waals surface area contributed by atoms with Crippen LogP contribution in [0.1, 0.15) is 15.9 Å². The average molecular weight is 192 g/mol. The lowest BCUT2D eigenvalue weighted by Gasteiger charge is -2.00. The monoisotopic (exact) mass is 192 g/mol. The summed E-state index contributed by atoms with van der Waals surface area (Å²) in [5, 5.41) is 17.6. The van der Waals surface area contributed by atoms with Gasteiger partial charge in [-0.25, -0.2) is 4.79 Å². The number of carboxylic acid groups (broad SMARTS) is 1. The summed E-state index contributed by atoms with van der Waals surface area (Å²) in [6, 6.07) is 4.44. The van der Waals surface area contributed by atoms with Gasteiger partial charge in [0.15, 0.2) is 6.29 Å². The fraction of sp³-hybridized carbons (Fsp3) is 0. The predicted molar refractivity (Wildman–Crippen MR) is 50.2 cm³/mol. The summed E-state index contributed by atoms with van der Waals surface area (Å²) >= 11 is 0. The van der Waals surface area contributed by atoms with Gasteiger partial charge < -0.3 is 10.2 Å². The number of hydrogen-bond acceptors (Lipinski definition) is 3. The molecule has 0 saturated heterocycles. The second kappa shape index (κ2) is 4.23. The van der Waals surface area contributed by atoms with Gasteiger partial charge in [0.2, 0.25) is 0 Å². The van der Waals surface area contributed by atoms with Crippen LogP contribution in [0.3, 0.4) is 0 Å². The maximum absolute atomic E-state index is 10.6. The number of carbonyl (C=O) groups is 2. The first-order valence-corrected chi connectivity index (χ1v) is 3.83. The van der Waals surface area contributed by atoms with Crippen molar-refractivity contribution in [2.24, 2.45) is 0 Å². The highest BCUT2D eigenvalue weighted by Gasteiger charge is 2.03. The van der Waals surface area contributed by atoms with Crippen molar-refractivity contribution in [3.8, 4) is 5.75 Å². The van der Waals surface area contributed by atoms with E-state index in [2.05, 4.69) is 0 Å². The summed E-state index contributed by atoms with van der Waals surface area (Å²) in [6.07, 6.45) is 2.64. The SMILES string of the molecule is O=Cc1c(O)cccc1C=CC(=O)O. The van der Waals surface area contributed by atoms with Gasteiger partial charge in [-0.15, -0.1) is 0 Å². The second-order valence-electron chi connectivity index (χ2n) is 2.57. The number of hydrogen-bond donors (Lipinski definition) is 2. The molecule has 72 valence electrons. The largest absolute Gasteiger partial charge is 0.507 e. The number of carbonyl (C=O) groups excluding carboxylic acids is 1. The molecule has 0 amide bonds. The molecule has 0 aliphatic heterocycles. The fourth-order valence-electron chi connectivity index (χ4n) is 1.01. The highest BCUT2D eigenvalue weighted by molar-refractivity contribution is 5.90. The van der Waals surface area contributed by atoms with Crippen molar-refractivity contribution in [2.75, 3.05) is 0 Å². The molecular formula is C10H8O4. The number of benzene rings is 1. The second-order valence-corrected chi connectivity index (χ2v) is 2.57. The minimum Gasteiger partial charge on any atom is -0.507 e. The molecule has 2 N–H and O–H groups in total. The molecule has 0 unspecified atom stereocenters. The lowest BCUT2D eigenvalue weighted by atomic mass is 10.1. The van der Waals surface area contributed by atoms with E-state index in [0.29, 0.717) is 11.8 Å². The normalized spacial score (nSPS) is 10.3. The van der Waals surface area contributed by atoms with E-state index in [9.17, 15) is 14.7 Å². The first kappa shape index (κ1) is 9.98. The number of phenolic OH excluding ortho intramolecular Hbond substituents is 1. The van der Waals surface area contributed by atoms with E-state index in [4.69, 9.17) is 5.11 Å². The molecule has 0 heterocycles. The lowest BCUT2D eigenvalue weighted by molar-refractivity contribution is -0.131. The van der Waals surface area contributed by atoms with E-state index in [1.165, 1.54) is 18.2 Å². The zero-order valence-electron chi connectivity index (χ0n) is 7.18. The molecule has 0 spiro atoms. The number of aldehydes is 1. The molecule has 0 bridgehead atoms. The first-order valence-electron chi connectivity index (χ1n) is 3.83. The molecular weight excluding hydrogens is 184 g/mol. The third-order valence-electron chi connectivity index (χ3n) is 1.64. The van der Waals surface area contributed by atoms with Crippen LogP contribution in [0.4, 0.5) is 0 Å².